The standard InChI is InChI=1S/C13H30N2.2HI/c1-14(2,3)11-13(9-7-8-10-13)12-15(4,5)6;;/h7-12H2,1-6H3;2*1H/q+2;;/p-2. The number of nitrogens with zero attached hydrogens (tertiary/aromatic N) is 2. The van der Waals surface area contributed by atoms with Crippen molar-refractivity contribution < 1.29 is 56.9 Å². The Morgan fingerprint density at radius 2 is 1.00 bits per heavy atom. The van der Waals surface area contributed by atoms with E-state index in [0.717, 1.165) is 8.97 Å². The predicted octanol–water partition coefficient (Wildman–Crippen LogP) is -4.03. The molecule has 0 N–H and O–H groups in total. The van der Waals surface area contributed by atoms with Crippen molar-refractivity contribution >= 4 is 0 Å². The topological polar surface area (TPSA) is 0 Å². The largest absolute Gasteiger partial charge is 1.00 e. The quantitative estimate of drug-likeness (QED) is 0.292. The van der Waals surface area contributed by atoms with Crippen LogP contribution >= 0.6 is 0 Å². The zero-order valence-corrected chi connectivity index (χ0v) is 16.7. The van der Waals surface area contributed by atoms with Crippen molar-refractivity contribution in [2.24, 2.45) is 5.41 Å². The SMILES string of the molecule is C[N+](C)(C)CC1(C[N+](C)(C)C)CCCC1.[I-].[I-]. The van der Waals surface area contributed by atoms with Crippen LogP contribution in [-0.2, 0) is 0 Å². The fourth-order valence-electron chi connectivity index (χ4n) is 3.50. The van der Waals surface area contributed by atoms with E-state index in [9.17, 15) is 0 Å². The van der Waals surface area contributed by atoms with Gasteiger partial charge in [-0.3, -0.25) is 0 Å². The van der Waals surface area contributed by atoms with Gasteiger partial charge in [-0.15, -0.1) is 0 Å². The van der Waals surface area contributed by atoms with Crippen molar-refractivity contribution in [2.75, 3.05) is 55.4 Å². The molecule has 0 aromatic heterocycles. The lowest BCUT2D eigenvalue weighted by molar-refractivity contribution is -0.902. The molecule has 0 bridgehead atoms. The Bertz CT molecular complexity index is 192. The molecule has 0 atom stereocenters. The molecular weight excluding hydrogens is 438 g/mol. The summed E-state index contributed by atoms with van der Waals surface area (Å²) in [5, 5.41) is 0. The second-order valence-electron chi connectivity index (χ2n) is 7.60. The van der Waals surface area contributed by atoms with E-state index in [-0.39, 0.29) is 48.0 Å². The molecule has 0 spiro atoms. The zero-order valence-electron chi connectivity index (χ0n) is 12.4. The van der Waals surface area contributed by atoms with Gasteiger partial charge in [0.15, 0.2) is 0 Å². The summed E-state index contributed by atoms with van der Waals surface area (Å²) in [6.45, 7) is 2.67. The molecule has 4 heteroatoms. The van der Waals surface area contributed by atoms with Crippen LogP contribution in [0.1, 0.15) is 25.7 Å². The smallest absolute Gasteiger partial charge is 0.0892 e. The Hall–Kier alpha value is 1.38. The molecule has 17 heavy (non-hydrogen) atoms. The zero-order chi connectivity index (χ0) is 11.7. The Labute approximate surface area is 142 Å². The maximum absolute atomic E-state index is 2.33. The molecule has 1 rings (SSSR count). The van der Waals surface area contributed by atoms with Crippen LogP contribution in [0.15, 0.2) is 0 Å². The van der Waals surface area contributed by atoms with Crippen LogP contribution in [0.5, 0.6) is 0 Å². The Balaban J connectivity index is 0. The molecule has 1 saturated carbocycles. The third-order valence-corrected chi connectivity index (χ3v) is 3.28. The molecule has 106 valence electrons. The molecule has 1 aliphatic rings. The summed E-state index contributed by atoms with van der Waals surface area (Å²) in [5.74, 6) is 0. The number of quaternary nitrogens is 2. The summed E-state index contributed by atoms with van der Waals surface area (Å²) in [5.41, 5.74) is 0.608. The van der Waals surface area contributed by atoms with Crippen LogP contribution in [-0.4, -0.2) is 64.3 Å². The molecule has 1 aliphatic carbocycles. The van der Waals surface area contributed by atoms with Crippen molar-refractivity contribution in [1.82, 2.24) is 0 Å². The van der Waals surface area contributed by atoms with Gasteiger partial charge in [0.25, 0.3) is 0 Å². The minimum absolute atomic E-state index is 0. The van der Waals surface area contributed by atoms with Crippen molar-refractivity contribution in [1.29, 1.82) is 0 Å². The van der Waals surface area contributed by atoms with Gasteiger partial charge in [-0.2, -0.15) is 0 Å². The lowest BCUT2D eigenvalue weighted by Gasteiger charge is -2.40. The van der Waals surface area contributed by atoms with Gasteiger partial charge in [0.05, 0.1) is 60.8 Å². The van der Waals surface area contributed by atoms with Crippen LogP contribution in [0.3, 0.4) is 0 Å². The monoisotopic (exact) mass is 468 g/mol. The predicted molar refractivity (Wildman–Crippen MR) is 66.7 cm³/mol. The average molecular weight is 468 g/mol. The van der Waals surface area contributed by atoms with Crippen LogP contribution in [0.2, 0.25) is 0 Å². The second-order valence-corrected chi connectivity index (χ2v) is 7.60. The van der Waals surface area contributed by atoms with Crippen molar-refractivity contribution in [3.05, 3.63) is 0 Å². The van der Waals surface area contributed by atoms with Crippen molar-refractivity contribution in [2.45, 2.75) is 25.7 Å². The van der Waals surface area contributed by atoms with Gasteiger partial charge in [0.2, 0.25) is 0 Å². The van der Waals surface area contributed by atoms with E-state index in [1.54, 1.807) is 0 Å². The first-order valence-corrected chi connectivity index (χ1v) is 6.23. The summed E-state index contributed by atoms with van der Waals surface area (Å²) in [6.07, 6.45) is 5.77. The summed E-state index contributed by atoms with van der Waals surface area (Å²) < 4.78 is 2.22. The highest BCUT2D eigenvalue weighted by Crippen LogP contribution is 2.40. The van der Waals surface area contributed by atoms with Crippen LogP contribution in [0.25, 0.3) is 0 Å². The Kier molecular flexibility index (Phi) is 8.81. The van der Waals surface area contributed by atoms with Crippen molar-refractivity contribution in [3.63, 3.8) is 0 Å². The van der Waals surface area contributed by atoms with Gasteiger partial charge in [-0.05, 0) is 12.8 Å². The summed E-state index contributed by atoms with van der Waals surface area (Å²) in [6, 6.07) is 0. The van der Waals surface area contributed by atoms with Gasteiger partial charge < -0.3 is 56.9 Å². The number of halogens is 2. The number of hydrogen-bond donors (Lipinski definition) is 0. The Morgan fingerprint density at radius 1 is 0.706 bits per heavy atom. The molecule has 0 aliphatic heterocycles. The highest BCUT2D eigenvalue weighted by molar-refractivity contribution is 4.84. The van der Waals surface area contributed by atoms with E-state index < -0.39 is 0 Å². The van der Waals surface area contributed by atoms with E-state index in [4.69, 9.17) is 0 Å². The molecule has 0 heterocycles. The molecule has 0 aromatic carbocycles. The highest BCUT2D eigenvalue weighted by atomic mass is 127. The first-order chi connectivity index (χ1) is 6.62. The molecule has 1 fully saturated rings. The first kappa shape index (κ1) is 20.7. The van der Waals surface area contributed by atoms with Crippen LogP contribution < -0.4 is 48.0 Å². The van der Waals surface area contributed by atoms with Crippen LogP contribution in [0, 0.1) is 5.41 Å². The van der Waals surface area contributed by atoms with E-state index in [2.05, 4.69) is 42.3 Å². The van der Waals surface area contributed by atoms with E-state index in [1.165, 1.54) is 38.8 Å². The second kappa shape index (κ2) is 7.24. The molecule has 0 aromatic rings. The molecule has 0 amide bonds. The van der Waals surface area contributed by atoms with E-state index in [0.29, 0.717) is 5.41 Å². The fraction of sp³-hybridized carbons (Fsp3) is 1.00. The van der Waals surface area contributed by atoms with E-state index in [1.807, 2.05) is 0 Å². The minimum atomic E-state index is 0. The van der Waals surface area contributed by atoms with Crippen molar-refractivity contribution in [3.8, 4) is 0 Å². The first-order valence-electron chi connectivity index (χ1n) is 6.23. The minimum Gasteiger partial charge on any atom is -1.00 e. The van der Waals surface area contributed by atoms with Gasteiger partial charge in [-0.25, -0.2) is 0 Å². The van der Waals surface area contributed by atoms with Crippen LogP contribution in [0.4, 0.5) is 0 Å². The summed E-state index contributed by atoms with van der Waals surface area (Å²) in [4.78, 5) is 0. The van der Waals surface area contributed by atoms with Gasteiger partial charge in [0, 0.05) is 0 Å². The summed E-state index contributed by atoms with van der Waals surface area (Å²) >= 11 is 0. The lowest BCUT2D eigenvalue weighted by Crippen LogP contribution is -3.00. The van der Waals surface area contributed by atoms with Gasteiger partial charge >= 0.3 is 0 Å². The maximum Gasteiger partial charge on any atom is 0.0892 e. The maximum atomic E-state index is 2.33. The third-order valence-electron chi connectivity index (χ3n) is 3.28. The molecular formula is C13H30I2N2. The molecule has 0 saturated heterocycles. The molecule has 0 unspecified atom stereocenters. The average Bonchev–Trinajstić information content (AvgIpc) is 2.27. The third kappa shape index (κ3) is 8.21. The van der Waals surface area contributed by atoms with Gasteiger partial charge in [-0.1, -0.05) is 12.8 Å². The summed E-state index contributed by atoms with van der Waals surface area (Å²) in [7, 11) is 14.0. The van der Waals surface area contributed by atoms with Gasteiger partial charge in [0.1, 0.15) is 0 Å². The Morgan fingerprint density at radius 3 is 1.24 bits per heavy atom. The molecule has 2 nitrogen and oxygen atoms in total. The number of hydrogen-bond acceptors (Lipinski definition) is 0. The molecule has 0 radical (unpaired) electrons. The lowest BCUT2D eigenvalue weighted by atomic mass is 9.84. The number of rotatable bonds is 4. The fourth-order valence-corrected chi connectivity index (χ4v) is 3.50. The normalized spacial score (nSPS) is 19.4. The van der Waals surface area contributed by atoms with E-state index >= 15 is 0 Å². The highest BCUT2D eigenvalue weighted by Gasteiger charge is 2.42.